The summed E-state index contributed by atoms with van der Waals surface area (Å²) >= 11 is 0. The molecule has 0 spiro atoms. The number of benzene rings is 1. The molecular formula is C12H16F2N2O. The smallest absolute Gasteiger partial charge is 0.253 e. The lowest BCUT2D eigenvalue weighted by Gasteiger charge is -2.15. The van der Waals surface area contributed by atoms with Gasteiger partial charge in [-0.25, -0.2) is 8.78 Å². The fourth-order valence-electron chi connectivity index (χ4n) is 1.41. The molecule has 1 aromatic carbocycles. The molecule has 0 atom stereocenters. The van der Waals surface area contributed by atoms with Crippen molar-refractivity contribution in [1.82, 2.24) is 4.90 Å². The molecule has 0 radical (unpaired) electrons. The summed E-state index contributed by atoms with van der Waals surface area (Å²) in [5.74, 6) is -1.90. The number of amides is 1. The van der Waals surface area contributed by atoms with E-state index < -0.39 is 17.5 Å². The van der Waals surface area contributed by atoms with E-state index in [1.807, 2.05) is 0 Å². The highest BCUT2D eigenvalue weighted by molar-refractivity contribution is 5.94. The van der Waals surface area contributed by atoms with E-state index in [4.69, 9.17) is 0 Å². The van der Waals surface area contributed by atoms with E-state index in [0.29, 0.717) is 13.1 Å². The lowest BCUT2D eigenvalue weighted by molar-refractivity contribution is 0.0801. The summed E-state index contributed by atoms with van der Waals surface area (Å²) in [7, 11) is 1.58. The zero-order chi connectivity index (χ0) is 13.0. The van der Waals surface area contributed by atoms with E-state index in [1.165, 1.54) is 4.90 Å². The van der Waals surface area contributed by atoms with Gasteiger partial charge in [-0.2, -0.15) is 0 Å². The summed E-state index contributed by atoms with van der Waals surface area (Å²) in [6.07, 6.45) is 0. The van der Waals surface area contributed by atoms with Crippen LogP contribution in [0, 0.1) is 11.6 Å². The molecule has 0 heterocycles. The molecule has 0 aliphatic heterocycles. The first kappa shape index (κ1) is 13.4. The first-order valence-corrected chi connectivity index (χ1v) is 5.49. The fourth-order valence-corrected chi connectivity index (χ4v) is 1.41. The number of nitrogens with zero attached hydrogens (tertiary/aromatic N) is 1. The Morgan fingerprint density at radius 1 is 1.29 bits per heavy atom. The molecule has 0 aromatic heterocycles. The van der Waals surface area contributed by atoms with Crippen molar-refractivity contribution in [2.45, 2.75) is 13.8 Å². The van der Waals surface area contributed by atoms with Gasteiger partial charge in [0, 0.05) is 25.7 Å². The van der Waals surface area contributed by atoms with Crippen molar-refractivity contribution in [3.05, 3.63) is 29.3 Å². The maximum absolute atomic E-state index is 13.6. The number of carbonyl (C=O) groups is 1. The molecule has 17 heavy (non-hydrogen) atoms. The third-order valence-electron chi connectivity index (χ3n) is 2.46. The first-order valence-electron chi connectivity index (χ1n) is 5.49. The normalized spacial score (nSPS) is 10.2. The van der Waals surface area contributed by atoms with E-state index in [1.54, 1.807) is 20.9 Å². The van der Waals surface area contributed by atoms with Crippen molar-refractivity contribution >= 4 is 11.6 Å². The number of anilines is 1. The molecule has 1 aromatic rings. The Morgan fingerprint density at radius 3 is 2.24 bits per heavy atom. The van der Waals surface area contributed by atoms with Crippen LogP contribution in [-0.4, -0.2) is 30.9 Å². The van der Waals surface area contributed by atoms with Gasteiger partial charge in [0.15, 0.2) is 0 Å². The molecule has 1 N–H and O–H groups in total. The number of carbonyl (C=O) groups excluding carboxylic acids is 1. The third kappa shape index (κ3) is 2.93. The van der Waals surface area contributed by atoms with Crippen molar-refractivity contribution in [2.24, 2.45) is 0 Å². The minimum absolute atomic E-state index is 0.0194. The van der Waals surface area contributed by atoms with Gasteiger partial charge in [-0.1, -0.05) is 0 Å². The largest absolute Gasteiger partial charge is 0.381 e. The van der Waals surface area contributed by atoms with Crippen LogP contribution in [0.4, 0.5) is 14.5 Å². The SMILES string of the molecule is CCNc1c(F)cc(C(=O)N(C)CC)cc1F. The number of hydrogen-bond donors (Lipinski definition) is 1. The molecule has 0 unspecified atom stereocenters. The molecule has 1 amide bonds. The van der Waals surface area contributed by atoms with Crippen LogP contribution in [0.1, 0.15) is 24.2 Å². The Labute approximate surface area is 99.4 Å². The van der Waals surface area contributed by atoms with Crippen LogP contribution in [0.25, 0.3) is 0 Å². The number of nitrogens with one attached hydrogen (secondary N) is 1. The van der Waals surface area contributed by atoms with Gasteiger partial charge in [0.05, 0.1) is 0 Å². The van der Waals surface area contributed by atoms with Crippen molar-refractivity contribution < 1.29 is 13.6 Å². The molecule has 0 aliphatic carbocycles. The van der Waals surface area contributed by atoms with E-state index in [0.717, 1.165) is 12.1 Å². The van der Waals surface area contributed by atoms with Crippen LogP contribution in [-0.2, 0) is 0 Å². The summed E-state index contributed by atoms with van der Waals surface area (Å²) in [6, 6.07) is 2.10. The summed E-state index contributed by atoms with van der Waals surface area (Å²) in [5, 5.41) is 2.58. The maximum Gasteiger partial charge on any atom is 0.253 e. The molecule has 5 heteroatoms. The highest BCUT2D eigenvalue weighted by Gasteiger charge is 2.16. The zero-order valence-corrected chi connectivity index (χ0v) is 10.2. The van der Waals surface area contributed by atoms with Crippen LogP contribution < -0.4 is 5.32 Å². The Balaban J connectivity index is 3.09. The summed E-state index contributed by atoms with van der Waals surface area (Å²) in [4.78, 5) is 13.1. The van der Waals surface area contributed by atoms with Crippen LogP contribution in [0.5, 0.6) is 0 Å². The Morgan fingerprint density at radius 2 is 1.82 bits per heavy atom. The van der Waals surface area contributed by atoms with Gasteiger partial charge < -0.3 is 10.2 Å². The van der Waals surface area contributed by atoms with E-state index >= 15 is 0 Å². The lowest BCUT2D eigenvalue weighted by Crippen LogP contribution is -2.26. The average molecular weight is 242 g/mol. The molecular weight excluding hydrogens is 226 g/mol. The minimum atomic E-state index is -0.750. The summed E-state index contributed by atoms with van der Waals surface area (Å²) in [5.41, 5.74) is -0.172. The van der Waals surface area contributed by atoms with Gasteiger partial charge in [0.2, 0.25) is 0 Å². The van der Waals surface area contributed by atoms with Crippen molar-refractivity contribution in [1.29, 1.82) is 0 Å². The van der Waals surface area contributed by atoms with E-state index in [9.17, 15) is 13.6 Å². The lowest BCUT2D eigenvalue weighted by atomic mass is 10.1. The number of hydrogen-bond acceptors (Lipinski definition) is 2. The van der Waals surface area contributed by atoms with Gasteiger partial charge in [0.25, 0.3) is 5.91 Å². The Hall–Kier alpha value is -1.65. The molecule has 0 aliphatic rings. The molecule has 0 saturated heterocycles. The van der Waals surface area contributed by atoms with Gasteiger partial charge in [-0.05, 0) is 26.0 Å². The maximum atomic E-state index is 13.6. The average Bonchev–Trinajstić information content (AvgIpc) is 2.31. The van der Waals surface area contributed by atoms with Crippen molar-refractivity contribution in [3.8, 4) is 0 Å². The quantitative estimate of drug-likeness (QED) is 0.879. The Bertz CT molecular complexity index is 398. The summed E-state index contributed by atoms with van der Waals surface area (Å²) < 4.78 is 27.1. The monoisotopic (exact) mass is 242 g/mol. The third-order valence-corrected chi connectivity index (χ3v) is 2.46. The Kier molecular flexibility index (Phi) is 4.43. The molecule has 3 nitrogen and oxygen atoms in total. The first-order chi connectivity index (χ1) is 8.01. The highest BCUT2D eigenvalue weighted by atomic mass is 19.1. The van der Waals surface area contributed by atoms with Crippen LogP contribution >= 0.6 is 0 Å². The van der Waals surface area contributed by atoms with Crippen molar-refractivity contribution in [2.75, 3.05) is 25.5 Å². The number of halogens is 2. The second kappa shape index (κ2) is 5.61. The van der Waals surface area contributed by atoms with Gasteiger partial charge >= 0.3 is 0 Å². The molecule has 1 rings (SSSR count). The van der Waals surface area contributed by atoms with Gasteiger partial charge in [0.1, 0.15) is 17.3 Å². The van der Waals surface area contributed by atoms with E-state index in [2.05, 4.69) is 5.32 Å². The number of rotatable bonds is 4. The van der Waals surface area contributed by atoms with Crippen LogP contribution in [0.3, 0.4) is 0 Å². The summed E-state index contributed by atoms with van der Waals surface area (Å²) in [6.45, 7) is 4.42. The molecule has 94 valence electrons. The predicted octanol–water partition coefficient (Wildman–Crippen LogP) is 2.49. The molecule has 0 bridgehead atoms. The standard InChI is InChI=1S/C12H16F2N2O/c1-4-15-11-9(13)6-8(7-10(11)14)12(17)16(3)5-2/h6-7,15H,4-5H2,1-3H3. The molecule has 0 saturated carbocycles. The minimum Gasteiger partial charge on any atom is -0.381 e. The van der Waals surface area contributed by atoms with Crippen LogP contribution in [0.15, 0.2) is 12.1 Å². The van der Waals surface area contributed by atoms with Crippen LogP contribution in [0.2, 0.25) is 0 Å². The van der Waals surface area contributed by atoms with Gasteiger partial charge in [-0.15, -0.1) is 0 Å². The fraction of sp³-hybridized carbons (Fsp3) is 0.417. The zero-order valence-electron chi connectivity index (χ0n) is 10.2. The second-order valence-corrected chi connectivity index (χ2v) is 3.66. The highest BCUT2D eigenvalue weighted by Crippen LogP contribution is 2.21. The molecule has 0 fully saturated rings. The topological polar surface area (TPSA) is 32.3 Å². The predicted molar refractivity (Wildman–Crippen MR) is 63.2 cm³/mol. The van der Waals surface area contributed by atoms with Crippen molar-refractivity contribution in [3.63, 3.8) is 0 Å². The van der Waals surface area contributed by atoms with Gasteiger partial charge in [-0.3, -0.25) is 4.79 Å². The second-order valence-electron chi connectivity index (χ2n) is 3.66. The van der Waals surface area contributed by atoms with E-state index in [-0.39, 0.29) is 11.3 Å².